The SMILES string of the molecule is C[C@@H]1C[N+]1(Cc1ccccc1)Cc1ccccc1. The van der Waals surface area contributed by atoms with Gasteiger partial charge < -0.3 is 4.48 Å². The Morgan fingerprint density at radius 3 is 1.56 bits per heavy atom. The number of hydrogen-bond acceptors (Lipinski definition) is 0. The molecule has 18 heavy (non-hydrogen) atoms. The van der Waals surface area contributed by atoms with E-state index in [0.29, 0.717) is 0 Å². The van der Waals surface area contributed by atoms with Crippen LogP contribution in [0.2, 0.25) is 0 Å². The smallest absolute Gasteiger partial charge is 0.136 e. The zero-order chi connectivity index (χ0) is 12.4. The third-order valence-electron chi connectivity index (χ3n) is 4.11. The Labute approximate surface area is 109 Å². The molecule has 1 heteroatoms. The summed E-state index contributed by atoms with van der Waals surface area (Å²) in [5, 5.41) is 0. The van der Waals surface area contributed by atoms with Crippen LogP contribution in [0.1, 0.15) is 18.1 Å². The largest absolute Gasteiger partial charge is 0.304 e. The summed E-state index contributed by atoms with van der Waals surface area (Å²) in [5.74, 6) is 0. The minimum absolute atomic E-state index is 0.797. The van der Waals surface area contributed by atoms with Crippen LogP contribution in [0.15, 0.2) is 60.7 Å². The lowest BCUT2D eigenvalue weighted by atomic mass is 10.1. The van der Waals surface area contributed by atoms with Gasteiger partial charge in [-0.05, 0) is 6.92 Å². The molecule has 0 radical (unpaired) electrons. The van der Waals surface area contributed by atoms with E-state index in [9.17, 15) is 0 Å². The van der Waals surface area contributed by atoms with E-state index in [-0.39, 0.29) is 0 Å². The summed E-state index contributed by atoms with van der Waals surface area (Å²) in [4.78, 5) is 0. The van der Waals surface area contributed by atoms with Crippen molar-refractivity contribution >= 4 is 0 Å². The second-order valence-corrected chi connectivity index (χ2v) is 5.54. The molecular formula is C17H20N+. The quantitative estimate of drug-likeness (QED) is 0.564. The fourth-order valence-corrected chi connectivity index (χ4v) is 2.87. The lowest BCUT2D eigenvalue weighted by Gasteiger charge is -2.20. The Hall–Kier alpha value is -1.60. The molecule has 0 saturated carbocycles. The molecule has 3 rings (SSSR count). The molecule has 1 aliphatic heterocycles. The molecule has 1 heterocycles. The van der Waals surface area contributed by atoms with Crippen molar-refractivity contribution in [3.05, 3.63) is 71.8 Å². The highest BCUT2D eigenvalue weighted by Gasteiger charge is 2.51. The van der Waals surface area contributed by atoms with Gasteiger partial charge in [-0.1, -0.05) is 60.7 Å². The van der Waals surface area contributed by atoms with Crippen molar-refractivity contribution in [2.45, 2.75) is 26.1 Å². The van der Waals surface area contributed by atoms with E-state index in [1.54, 1.807) is 0 Å². The second-order valence-electron chi connectivity index (χ2n) is 5.54. The van der Waals surface area contributed by atoms with Crippen molar-refractivity contribution in [2.24, 2.45) is 0 Å². The van der Waals surface area contributed by atoms with Crippen LogP contribution in [0.25, 0.3) is 0 Å². The van der Waals surface area contributed by atoms with Crippen molar-refractivity contribution in [1.29, 1.82) is 0 Å². The van der Waals surface area contributed by atoms with Crippen LogP contribution in [-0.4, -0.2) is 17.1 Å². The standard InChI is InChI=1S/C17H20N/c1-15-12-18(15,13-16-8-4-2-5-9-16)14-17-10-6-3-7-11-17/h2-11,15H,12-14H2,1H3/q+1/t15-/m1/s1. The van der Waals surface area contributed by atoms with Gasteiger partial charge in [0.25, 0.3) is 0 Å². The Balaban J connectivity index is 1.76. The number of rotatable bonds is 4. The predicted octanol–water partition coefficient (Wildman–Crippen LogP) is 3.61. The Bertz CT molecular complexity index is 462. The van der Waals surface area contributed by atoms with Crippen LogP contribution in [0.3, 0.4) is 0 Å². The summed E-state index contributed by atoms with van der Waals surface area (Å²) < 4.78 is 1.22. The first-order chi connectivity index (χ1) is 8.78. The van der Waals surface area contributed by atoms with E-state index in [4.69, 9.17) is 0 Å². The molecule has 1 nitrogen and oxygen atoms in total. The highest BCUT2D eigenvalue weighted by atomic mass is 15.5. The zero-order valence-corrected chi connectivity index (χ0v) is 10.9. The van der Waals surface area contributed by atoms with Gasteiger partial charge in [0.1, 0.15) is 25.7 Å². The Morgan fingerprint density at radius 2 is 1.22 bits per heavy atom. The first-order valence-electron chi connectivity index (χ1n) is 6.72. The second kappa shape index (κ2) is 4.58. The summed E-state index contributed by atoms with van der Waals surface area (Å²) in [6.07, 6.45) is 0. The summed E-state index contributed by atoms with van der Waals surface area (Å²) in [5.41, 5.74) is 2.91. The van der Waals surface area contributed by atoms with Crippen LogP contribution in [0, 0.1) is 0 Å². The third kappa shape index (κ3) is 2.32. The Morgan fingerprint density at radius 1 is 0.833 bits per heavy atom. The molecule has 1 atom stereocenters. The van der Waals surface area contributed by atoms with Gasteiger partial charge in [0, 0.05) is 11.1 Å². The number of quaternary nitrogens is 1. The van der Waals surface area contributed by atoms with Gasteiger partial charge in [0.05, 0.1) is 0 Å². The molecule has 1 fully saturated rings. The maximum atomic E-state index is 2.37. The lowest BCUT2D eigenvalue weighted by Crippen LogP contribution is -2.27. The molecule has 0 N–H and O–H groups in total. The average molecular weight is 238 g/mol. The van der Waals surface area contributed by atoms with Gasteiger partial charge in [-0.3, -0.25) is 0 Å². The van der Waals surface area contributed by atoms with E-state index in [0.717, 1.165) is 19.1 Å². The molecule has 0 spiro atoms. The van der Waals surface area contributed by atoms with Crippen molar-refractivity contribution in [3.8, 4) is 0 Å². The number of nitrogens with zero attached hydrogens (tertiary/aromatic N) is 1. The monoisotopic (exact) mass is 238 g/mol. The summed E-state index contributed by atoms with van der Waals surface area (Å²) >= 11 is 0. The summed E-state index contributed by atoms with van der Waals surface area (Å²) in [6, 6.07) is 22.5. The summed E-state index contributed by atoms with van der Waals surface area (Å²) in [6.45, 7) is 6.00. The van der Waals surface area contributed by atoms with Crippen molar-refractivity contribution in [1.82, 2.24) is 0 Å². The van der Waals surface area contributed by atoms with Crippen LogP contribution < -0.4 is 0 Å². The van der Waals surface area contributed by atoms with Gasteiger partial charge >= 0.3 is 0 Å². The molecular weight excluding hydrogens is 218 g/mol. The van der Waals surface area contributed by atoms with Gasteiger partial charge in [-0.2, -0.15) is 0 Å². The molecule has 0 unspecified atom stereocenters. The van der Waals surface area contributed by atoms with Gasteiger partial charge in [-0.25, -0.2) is 0 Å². The van der Waals surface area contributed by atoms with E-state index in [1.165, 1.54) is 22.2 Å². The fraction of sp³-hybridized carbons (Fsp3) is 0.294. The molecule has 0 amide bonds. The minimum Gasteiger partial charge on any atom is -0.304 e. The lowest BCUT2D eigenvalue weighted by molar-refractivity contribution is -0.840. The normalized spacial score (nSPS) is 20.6. The van der Waals surface area contributed by atoms with Gasteiger partial charge in [0.15, 0.2) is 0 Å². The van der Waals surface area contributed by atoms with Gasteiger partial charge in [-0.15, -0.1) is 0 Å². The zero-order valence-electron chi connectivity index (χ0n) is 10.9. The van der Waals surface area contributed by atoms with E-state index in [1.807, 2.05) is 0 Å². The van der Waals surface area contributed by atoms with Crippen LogP contribution in [0.4, 0.5) is 0 Å². The van der Waals surface area contributed by atoms with Crippen LogP contribution in [-0.2, 0) is 13.1 Å². The van der Waals surface area contributed by atoms with Gasteiger partial charge in [0.2, 0.25) is 0 Å². The van der Waals surface area contributed by atoms with E-state index in [2.05, 4.69) is 67.6 Å². The summed E-state index contributed by atoms with van der Waals surface area (Å²) in [7, 11) is 0. The Kier molecular flexibility index (Phi) is 2.92. The maximum absolute atomic E-state index is 2.37. The molecule has 1 aliphatic rings. The van der Waals surface area contributed by atoms with Crippen LogP contribution in [0.5, 0.6) is 0 Å². The maximum Gasteiger partial charge on any atom is 0.136 e. The molecule has 1 saturated heterocycles. The predicted molar refractivity (Wildman–Crippen MR) is 74.9 cm³/mol. The highest BCUT2D eigenvalue weighted by molar-refractivity contribution is 5.16. The molecule has 0 aliphatic carbocycles. The molecule has 2 aromatic carbocycles. The van der Waals surface area contributed by atoms with Crippen molar-refractivity contribution in [2.75, 3.05) is 6.54 Å². The molecule has 92 valence electrons. The minimum atomic E-state index is 0.797. The van der Waals surface area contributed by atoms with E-state index < -0.39 is 0 Å². The first kappa shape index (κ1) is 11.5. The fourth-order valence-electron chi connectivity index (χ4n) is 2.87. The molecule has 2 aromatic rings. The topological polar surface area (TPSA) is 0 Å². The molecule has 0 aromatic heterocycles. The number of hydrogen-bond donors (Lipinski definition) is 0. The average Bonchev–Trinajstić information content (AvgIpc) is 3.01. The first-order valence-corrected chi connectivity index (χ1v) is 6.72. The third-order valence-corrected chi connectivity index (χ3v) is 4.11. The number of benzene rings is 2. The highest BCUT2D eigenvalue weighted by Crippen LogP contribution is 2.36. The van der Waals surface area contributed by atoms with E-state index >= 15 is 0 Å². The van der Waals surface area contributed by atoms with Crippen molar-refractivity contribution < 1.29 is 4.48 Å². The van der Waals surface area contributed by atoms with Crippen LogP contribution >= 0.6 is 0 Å². The van der Waals surface area contributed by atoms with Crippen molar-refractivity contribution in [3.63, 3.8) is 0 Å². The molecule has 0 bridgehead atoms.